The first-order chi connectivity index (χ1) is 14.0. The summed E-state index contributed by atoms with van der Waals surface area (Å²) in [5.74, 6) is -0.167. The van der Waals surface area contributed by atoms with E-state index in [1.165, 1.54) is 12.2 Å². The normalized spacial score (nSPS) is 13.2. The van der Waals surface area contributed by atoms with Crippen LogP contribution in [-0.2, 0) is 14.4 Å². The Hall–Kier alpha value is -4.27. The van der Waals surface area contributed by atoms with Gasteiger partial charge in [0.05, 0.1) is 5.69 Å². The van der Waals surface area contributed by atoms with Crippen molar-refractivity contribution >= 4 is 23.4 Å². The molecule has 3 aromatic rings. The van der Waals surface area contributed by atoms with Crippen LogP contribution >= 0.6 is 0 Å². The third-order valence-electron chi connectivity index (χ3n) is 4.10. The number of anilines is 1. The van der Waals surface area contributed by atoms with Gasteiger partial charge in [-0.25, -0.2) is 4.90 Å². The maximum atomic E-state index is 11.7. The van der Waals surface area contributed by atoms with Crippen LogP contribution in [0.25, 0.3) is 22.8 Å². The summed E-state index contributed by atoms with van der Waals surface area (Å²) in [4.78, 5) is 39.7. The van der Waals surface area contributed by atoms with Crippen LogP contribution in [0.15, 0.2) is 65.2 Å². The molecule has 0 spiro atoms. The molecule has 144 valence electrons. The standard InChI is InChI=1S/C20H14N4O5/c21-16(25)11-28-15-7-3-12(4-8-15)19-22-20(29-23-19)13-1-5-14(6-2-13)24-17(26)9-10-18(24)27/h1-10H,11H2,(H2,21,25). The zero-order chi connectivity index (χ0) is 20.4. The van der Waals surface area contributed by atoms with Gasteiger partial charge in [-0.3, -0.25) is 14.4 Å². The Morgan fingerprint density at radius 1 is 0.966 bits per heavy atom. The number of carbonyl (C=O) groups excluding carboxylic acids is 3. The summed E-state index contributed by atoms with van der Waals surface area (Å²) >= 11 is 0. The van der Waals surface area contributed by atoms with Crippen molar-refractivity contribution in [2.75, 3.05) is 11.5 Å². The highest BCUT2D eigenvalue weighted by Crippen LogP contribution is 2.26. The van der Waals surface area contributed by atoms with Gasteiger partial charge in [-0.05, 0) is 48.5 Å². The van der Waals surface area contributed by atoms with Crippen molar-refractivity contribution in [2.45, 2.75) is 0 Å². The molecular weight excluding hydrogens is 376 g/mol. The van der Waals surface area contributed by atoms with Crippen LogP contribution in [0, 0.1) is 0 Å². The van der Waals surface area contributed by atoms with Gasteiger partial charge >= 0.3 is 0 Å². The summed E-state index contributed by atoms with van der Waals surface area (Å²) in [7, 11) is 0. The van der Waals surface area contributed by atoms with Crippen LogP contribution in [0.2, 0.25) is 0 Å². The average Bonchev–Trinajstić information content (AvgIpc) is 3.34. The number of imide groups is 1. The SMILES string of the molecule is NC(=O)COc1ccc(-c2noc(-c3ccc(N4C(=O)C=CC4=O)cc3)n2)cc1. The summed E-state index contributed by atoms with van der Waals surface area (Å²) in [5, 5.41) is 3.96. The fourth-order valence-electron chi connectivity index (χ4n) is 2.72. The molecule has 9 heteroatoms. The first-order valence-corrected chi connectivity index (χ1v) is 8.53. The van der Waals surface area contributed by atoms with Gasteiger partial charge in [-0.15, -0.1) is 0 Å². The van der Waals surface area contributed by atoms with Crippen LogP contribution < -0.4 is 15.4 Å². The number of primary amides is 1. The molecule has 29 heavy (non-hydrogen) atoms. The van der Waals surface area contributed by atoms with Gasteiger partial charge in [-0.1, -0.05) is 5.16 Å². The van der Waals surface area contributed by atoms with Crippen molar-refractivity contribution in [3.05, 3.63) is 60.7 Å². The quantitative estimate of drug-likeness (QED) is 0.634. The number of benzene rings is 2. The molecule has 0 aliphatic carbocycles. The molecule has 1 aromatic heterocycles. The minimum Gasteiger partial charge on any atom is -0.484 e. The van der Waals surface area contributed by atoms with E-state index in [9.17, 15) is 14.4 Å². The van der Waals surface area contributed by atoms with E-state index in [2.05, 4.69) is 10.1 Å². The number of amides is 3. The maximum absolute atomic E-state index is 11.7. The average molecular weight is 390 g/mol. The maximum Gasteiger partial charge on any atom is 0.258 e. The predicted octanol–water partition coefficient (Wildman–Crippen LogP) is 1.70. The lowest BCUT2D eigenvalue weighted by atomic mass is 10.2. The molecule has 0 saturated heterocycles. The summed E-state index contributed by atoms with van der Waals surface area (Å²) in [6, 6.07) is 13.4. The molecule has 2 N–H and O–H groups in total. The molecule has 0 saturated carbocycles. The number of carbonyl (C=O) groups is 3. The lowest BCUT2D eigenvalue weighted by molar-refractivity contribution is -0.121. The number of nitrogens with zero attached hydrogens (tertiary/aromatic N) is 3. The minimum absolute atomic E-state index is 0.202. The highest BCUT2D eigenvalue weighted by molar-refractivity contribution is 6.28. The summed E-state index contributed by atoms with van der Waals surface area (Å²) in [6.07, 6.45) is 2.45. The third-order valence-corrected chi connectivity index (χ3v) is 4.10. The Morgan fingerprint density at radius 2 is 1.59 bits per heavy atom. The summed E-state index contributed by atoms with van der Waals surface area (Å²) in [6.45, 7) is -0.202. The molecule has 1 aliphatic rings. The van der Waals surface area contributed by atoms with E-state index in [4.69, 9.17) is 15.0 Å². The number of rotatable bonds is 6. The van der Waals surface area contributed by atoms with Gasteiger partial charge in [0.15, 0.2) is 6.61 Å². The molecule has 0 fully saturated rings. The predicted molar refractivity (Wildman–Crippen MR) is 101 cm³/mol. The molecule has 2 heterocycles. The second-order valence-corrected chi connectivity index (χ2v) is 6.09. The Balaban J connectivity index is 1.49. The Kier molecular flexibility index (Phi) is 4.62. The molecule has 0 radical (unpaired) electrons. The van der Waals surface area contributed by atoms with Gasteiger partial charge in [0, 0.05) is 23.3 Å². The highest BCUT2D eigenvalue weighted by Gasteiger charge is 2.25. The molecule has 0 unspecified atom stereocenters. The van der Waals surface area contributed by atoms with Crippen LogP contribution in [0.1, 0.15) is 0 Å². The van der Waals surface area contributed by atoms with Crippen molar-refractivity contribution in [2.24, 2.45) is 5.73 Å². The number of nitrogens with two attached hydrogens (primary N) is 1. The van der Waals surface area contributed by atoms with Crippen molar-refractivity contribution in [1.29, 1.82) is 0 Å². The second kappa shape index (κ2) is 7.39. The van der Waals surface area contributed by atoms with E-state index < -0.39 is 5.91 Å². The third kappa shape index (κ3) is 3.74. The van der Waals surface area contributed by atoms with Gasteiger partial charge in [-0.2, -0.15) is 4.98 Å². The number of ether oxygens (including phenoxy) is 1. The van der Waals surface area contributed by atoms with Crippen LogP contribution in [0.3, 0.4) is 0 Å². The van der Waals surface area contributed by atoms with Gasteiger partial charge < -0.3 is 15.0 Å². The van der Waals surface area contributed by atoms with Crippen molar-refractivity contribution in [3.63, 3.8) is 0 Å². The number of hydrogen-bond acceptors (Lipinski definition) is 7. The van der Waals surface area contributed by atoms with E-state index in [1.807, 2.05) is 0 Å². The lowest BCUT2D eigenvalue weighted by Crippen LogP contribution is -2.29. The van der Waals surface area contributed by atoms with Crippen LogP contribution in [0.4, 0.5) is 5.69 Å². The Labute approximate surface area is 164 Å². The van der Waals surface area contributed by atoms with E-state index in [0.29, 0.717) is 28.4 Å². The van der Waals surface area contributed by atoms with Gasteiger partial charge in [0.2, 0.25) is 5.82 Å². The molecule has 0 atom stereocenters. The Bertz CT molecular complexity index is 1100. The van der Waals surface area contributed by atoms with Crippen LogP contribution in [0.5, 0.6) is 5.75 Å². The van der Waals surface area contributed by atoms with E-state index in [0.717, 1.165) is 4.90 Å². The van der Waals surface area contributed by atoms with Gasteiger partial charge in [0.25, 0.3) is 23.6 Å². The first kappa shape index (κ1) is 18.1. The number of aromatic nitrogens is 2. The van der Waals surface area contributed by atoms with Crippen LogP contribution in [-0.4, -0.2) is 34.5 Å². The minimum atomic E-state index is -0.558. The highest BCUT2D eigenvalue weighted by atomic mass is 16.5. The van der Waals surface area contributed by atoms with Crippen molar-refractivity contribution in [1.82, 2.24) is 10.1 Å². The molecule has 0 bridgehead atoms. The second-order valence-electron chi connectivity index (χ2n) is 6.09. The zero-order valence-electron chi connectivity index (χ0n) is 14.9. The lowest BCUT2D eigenvalue weighted by Gasteiger charge is -2.13. The monoisotopic (exact) mass is 390 g/mol. The smallest absolute Gasteiger partial charge is 0.258 e. The fraction of sp³-hybridized carbons (Fsp3) is 0.0500. The summed E-state index contributed by atoms with van der Waals surface area (Å²) in [5.41, 5.74) is 6.84. The fourth-order valence-corrected chi connectivity index (χ4v) is 2.72. The zero-order valence-corrected chi connectivity index (χ0v) is 14.9. The largest absolute Gasteiger partial charge is 0.484 e. The molecule has 4 rings (SSSR count). The topological polar surface area (TPSA) is 129 Å². The van der Waals surface area contributed by atoms with E-state index in [-0.39, 0.29) is 24.3 Å². The molecule has 9 nitrogen and oxygen atoms in total. The first-order valence-electron chi connectivity index (χ1n) is 8.53. The molecule has 1 aliphatic heterocycles. The molecular formula is C20H14N4O5. The summed E-state index contributed by atoms with van der Waals surface area (Å²) < 4.78 is 10.5. The van der Waals surface area contributed by atoms with Crippen molar-refractivity contribution < 1.29 is 23.6 Å². The molecule has 3 amide bonds. The number of hydrogen-bond donors (Lipinski definition) is 1. The Morgan fingerprint density at radius 3 is 2.21 bits per heavy atom. The molecule has 2 aromatic carbocycles. The van der Waals surface area contributed by atoms with E-state index in [1.54, 1.807) is 48.5 Å². The van der Waals surface area contributed by atoms with Crippen molar-refractivity contribution in [3.8, 4) is 28.6 Å². The van der Waals surface area contributed by atoms with E-state index >= 15 is 0 Å². The van der Waals surface area contributed by atoms with Gasteiger partial charge in [0.1, 0.15) is 5.75 Å².